The van der Waals surface area contributed by atoms with Crippen molar-refractivity contribution in [2.45, 2.75) is 20.4 Å². The van der Waals surface area contributed by atoms with E-state index in [-0.39, 0.29) is 11.6 Å². The Bertz CT molecular complexity index is 961. The predicted octanol–water partition coefficient (Wildman–Crippen LogP) is 4.51. The van der Waals surface area contributed by atoms with Crippen molar-refractivity contribution >= 4 is 29.0 Å². The van der Waals surface area contributed by atoms with E-state index in [1.54, 1.807) is 25.1 Å². The zero-order chi connectivity index (χ0) is 19.9. The van der Waals surface area contributed by atoms with Crippen LogP contribution in [0, 0.1) is 6.92 Å². The molecule has 3 rings (SSSR count). The molecule has 0 bridgehead atoms. The number of nitrogens with one attached hydrogen (secondary N) is 2. The topological polar surface area (TPSA) is 76.1 Å². The maximum Gasteiger partial charge on any atom is 0.270 e. The van der Waals surface area contributed by atoms with Crippen LogP contribution in [0.4, 0.5) is 11.5 Å². The molecule has 0 saturated heterocycles. The van der Waals surface area contributed by atoms with Crippen molar-refractivity contribution in [2.75, 3.05) is 11.9 Å². The fourth-order valence-electron chi connectivity index (χ4n) is 2.61. The summed E-state index contributed by atoms with van der Waals surface area (Å²) < 4.78 is 5.62. The van der Waals surface area contributed by atoms with Gasteiger partial charge in [0.25, 0.3) is 5.91 Å². The van der Waals surface area contributed by atoms with E-state index in [0.29, 0.717) is 29.8 Å². The summed E-state index contributed by atoms with van der Waals surface area (Å²) in [5.41, 5.74) is 2.01. The number of aromatic nitrogens is 2. The molecule has 0 saturated carbocycles. The standard InChI is InChI=1S/C21H21ClN4O2/c1-3-28-19-7-5-4-6-17(19)26-20-12-18(24-14(2)25-20)21(27)23-13-15-8-10-16(22)11-9-15/h4-12H,3,13H2,1-2H3,(H,23,27)(H,24,25,26). The zero-order valence-electron chi connectivity index (χ0n) is 15.7. The third kappa shape index (κ3) is 5.20. The monoisotopic (exact) mass is 396 g/mol. The molecule has 0 unspecified atom stereocenters. The van der Waals surface area contributed by atoms with Crippen LogP contribution in [0.2, 0.25) is 5.02 Å². The third-order valence-corrected chi connectivity index (χ3v) is 4.14. The number of amides is 1. The first-order valence-corrected chi connectivity index (χ1v) is 9.30. The van der Waals surface area contributed by atoms with Crippen LogP contribution in [0.15, 0.2) is 54.6 Å². The van der Waals surface area contributed by atoms with Crippen molar-refractivity contribution < 1.29 is 9.53 Å². The number of para-hydroxylation sites is 2. The van der Waals surface area contributed by atoms with Crippen LogP contribution in [0.5, 0.6) is 5.75 Å². The Morgan fingerprint density at radius 1 is 1.11 bits per heavy atom. The van der Waals surface area contributed by atoms with Crippen molar-refractivity contribution in [1.29, 1.82) is 0 Å². The van der Waals surface area contributed by atoms with Crippen LogP contribution in [0.1, 0.15) is 28.8 Å². The van der Waals surface area contributed by atoms with Gasteiger partial charge in [-0.1, -0.05) is 35.9 Å². The predicted molar refractivity (Wildman–Crippen MR) is 110 cm³/mol. The molecule has 0 atom stereocenters. The van der Waals surface area contributed by atoms with Gasteiger partial charge in [-0.2, -0.15) is 0 Å². The molecule has 28 heavy (non-hydrogen) atoms. The number of rotatable bonds is 7. The van der Waals surface area contributed by atoms with Gasteiger partial charge in [0.15, 0.2) is 0 Å². The Kier molecular flexibility index (Phi) is 6.45. The number of halogens is 1. The lowest BCUT2D eigenvalue weighted by atomic mass is 10.2. The lowest BCUT2D eigenvalue weighted by Gasteiger charge is -2.13. The summed E-state index contributed by atoms with van der Waals surface area (Å²) in [6.07, 6.45) is 0. The second-order valence-corrected chi connectivity index (χ2v) is 6.49. The Hall–Kier alpha value is -3.12. The average molecular weight is 397 g/mol. The van der Waals surface area contributed by atoms with Crippen LogP contribution in [-0.4, -0.2) is 22.5 Å². The summed E-state index contributed by atoms with van der Waals surface area (Å²) in [7, 11) is 0. The van der Waals surface area contributed by atoms with Crippen molar-refractivity contribution in [3.8, 4) is 5.75 Å². The lowest BCUT2D eigenvalue weighted by molar-refractivity contribution is 0.0945. The number of hydrogen-bond acceptors (Lipinski definition) is 5. The Morgan fingerprint density at radius 2 is 1.86 bits per heavy atom. The maximum absolute atomic E-state index is 12.5. The van der Waals surface area contributed by atoms with Gasteiger partial charge in [0.2, 0.25) is 0 Å². The van der Waals surface area contributed by atoms with E-state index in [4.69, 9.17) is 16.3 Å². The molecule has 0 spiro atoms. The smallest absolute Gasteiger partial charge is 0.270 e. The second-order valence-electron chi connectivity index (χ2n) is 6.05. The highest BCUT2D eigenvalue weighted by Crippen LogP contribution is 2.26. The Balaban J connectivity index is 1.74. The molecule has 0 aliphatic rings. The quantitative estimate of drug-likeness (QED) is 0.614. The minimum Gasteiger partial charge on any atom is -0.492 e. The van der Waals surface area contributed by atoms with E-state index in [9.17, 15) is 4.79 Å². The van der Waals surface area contributed by atoms with Crippen LogP contribution in [0.25, 0.3) is 0 Å². The van der Waals surface area contributed by atoms with E-state index in [2.05, 4.69) is 20.6 Å². The molecule has 0 aliphatic heterocycles. The molecule has 6 nitrogen and oxygen atoms in total. The van der Waals surface area contributed by atoms with Gasteiger partial charge in [-0.05, 0) is 43.7 Å². The highest BCUT2D eigenvalue weighted by Gasteiger charge is 2.12. The molecule has 0 aliphatic carbocycles. The summed E-state index contributed by atoms with van der Waals surface area (Å²) in [5, 5.41) is 6.72. The van der Waals surface area contributed by atoms with Crippen molar-refractivity contribution in [3.63, 3.8) is 0 Å². The van der Waals surface area contributed by atoms with Gasteiger partial charge >= 0.3 is 0 Å². The first-order valence-electron chi connectivity index (χ1n) is 8.92. The summed E-state index contributed by atoms with van der Waals surface area (Å²) in [6, 6.07) is 16.5. The van der Waals surface area contributed by atoms with E-state index < -0.39 is 0 Å². The molecule has 1 aromatic heterocycles. The van der Waals surface area contributed by atoms with Crippen LogP contribution < -0.4 is 15.4 Å². The normalized spacial score (nSPS) is 10.4. The van der Waals surface area contributed by atoms with Crippen LogP contribution in [0.3, 0.4) is 0 Å². The molecule has 3 aromatic rings. The first kappa shape index (κ1) is 19.6. The van der Waals surface area contributed by atoms with Crippen LogP contribution in [-0.2, 0) is 6.54 Å². The molecule has 1 amide bonds. The lowest BCUT2D eigenvalue weighted by Crippen LogP contribution is -2.24. The SMILES string of the molecule is CCOc1ccccc1Nc1cc(C(=O)NCc2ccc(Cl)cc2)nc(C)n1. The van der Waals surface area contributed by atoms with E-state index in [0.717, 1.165) is 17.0 Å². The minimum absolute atomic E-state index is 0.276. The number of benzene rings is 2. The molecule has 144 valence electrons. The number of aryl methyl sites for hydroxylation is 1. The van der Waals surface area contributed by atoms with Gasteiger partial charge in [-0.3, -0.25) is 4.79 Å². The molecule has 0 fully saturated rings. The highest BCUT2D eigenvalue weighted by molar-refractivity contribution is 6.30. The molecule has 1 heterocycles. The van der Waals surface area contributed by atoms with Crippen LogP contribution >= 0.6 is 11.6 Å². The number of carbonyl (C=O) groups excluding carboxylic acids is 1. The number of anilines is 2. The fraction of sp³-hybridized carbons (Fsp3) is 0.190. The number of carbonyl (C=O) groups is 1. The first-order chi connectivity index (χ1) is 13.5. The van der Waals surface area contributed by atoms with Gasteiger partial charge in [-0.15, -0.1) is 0 Å². The van der Waals surface area contributed by atoms with Gasteiger partial charge in [0, 0.05) is 17.6 Å². The molecule has 0 radical (unpaired) electrons. The summed E-state index contributed by atoms with van der Waals surface area (Å²) in [6.45, 7) is 4.61. The number of nitrogens with zero attached hydrogens (tertiary/aromatic N) is 2. The number of ether oxygens (including phenoxy) is 1. The molecular weight excluding hydrogens is 376 g/mol. The van der Waals surface area contributed by atoms with Gasteiger partial charge in [-0.25, -0.2) is 9.97 Å². The Labute approximate surface area is 168 Å². The summed E-state index contributed by atoms with van der Waals surface area (Å²) in [5.74, 6) is 1.46. The van der Waals surface area contributed by atoms with E-state index >= 15 is 0 Å². The molecule has 2 N–H and O–H groups in total. The van der Waals surface area contributed by atoms with Crippen molar-refractivity contribution in [1.82, 2.24) is 15.3 Å². The Morgan fingerprint density at radius 3 is 2.61 bits per heavy atom. The van der Waals surface area contributed by atoms with Gasteiger partial charge < -0.3 is 15.4 Å². The largest absolute Gasteiger partial charge is 0.492 e. The second kappa shape index (κ2) is 9.19. The molecular formula is C21H21ClN4O2. The minimum atomic E-state index is -0.276. The van der Waals surface area contributed by atoms with E-state index in [1.807, 2.05) is 43.3 Å². The average Bonchev–Trinajstić information content (AvgIpc) is 2.68. The summed E-state index contributed by atoms with van der Waals surface area (Å²) in [4.78, 5) is 21.1. The highest BCUT2D eigenvalue weighted by atomic mass is 35.5. The molecule has 2 aromatic carbocycles. The third-order valence-electron chi connectivity index (χ3n) is 3.89. The fourth-order valence-corrected chi connectivity index (χ4v) is 2.74. The van der Waals surface area contributed by atoms with E-state index in [1.165, 1.54) is 0 Å². The number of hydrogen-bond donors (Lipinski definition) is 2. The van der Waals surface area contributed by atoms with Crippen molar-refractivity contribution in [3.05, 3.63) is 76.7 Å². The zero-order valence-corrected chi connectivity index (χ0v) is 16.5. The maximum atomic E-state index is 12.5. The van der Waals surface area contributed by atoms with Crippen molar-refractivity contribution in [2.24, 2.45) is 0 Å². The van der Waals surface area contributed by atoms with Gasteiger partial charge in [0.05, 0.1) is 12.3 Å². The summed E-state index contributed by atoms with van der Waals surface area (Å²) >= 11 is 5.88. The van der Waals surface area contributed by atoms with Gasteiger partial charge in [0.1, 0.15) is 23.1 Å². The molecule has 7 heteroatoms.